The highest BCUT2D eigenvalue weighted by Gasteiger charge is 2.24. The number of hydrogen-bond acceptors (Lipinski definition) is 4. The summed E-state index contributed by atoms with van der Waals surface area (Å²) in [6.45, 7) is 6.40. The summed E-state index contributed by atoms with van der Waals surface area (Å²) in [6.07, 6.45) is 5.30. The summed E-state index contributed by atoms with van der Waals surface area (Å²) in [5.41, 5.74) is 0. The molecule has 1 fully saturated rings. The molecule has 26 heavy (non-hydrogen) atoms. The van der Waals surface area contributed by atoms with E-state index in [0.717, 1.165) is 38.0 Å². The zero-order valence-electron chi connectivity index (χ0n) is 15.1. The van der Waals surface area contributed by atoms with Crippen molar-refractivity contribution in [1.82, 2.24) is 24.7 Å². The Hall–Kier alpha value is -2.04. The third-order valence-corrected chi connectivity index (χ3v) is 4.37. The lowest BCUT2D eigenvalue weighted by Crippen LogP contribution is -2.54. The number of furan rings is 1. The van der Waals surface area contributed by atoms with E-state index in [1.807, 2.05) is 18.0 Å². The molecule has 0 aliphatic carbocycles. The van der Waals surface area contributed by atoms with E-state index in [0.29, 0.717) is 18.8 Å². The summed E-state index contributed by atoms with van der Waals surface area (Å²) < 4.78 is 7.29. The average Bonchev–Trinajstić information content (AvgIpc) is 3.31. The fourth-order valence-electron chi connectivity index (χ4n) is 2.94. The van der Waals surface area contributed by atoms with Crippen LogP contribution in [0.5, 0.6) is 0 Å². The average molecular weight is 472 g/mol. The van der Waals surface area contributed by atoms with E-state index in [1.54, 1.807) is 25.4 Å². The molecular formula is C17H25IN6O2. The van der Waals surface area contributed by atoms with Gasteiger partial charge in [0.1, 0.15) is 5.82 Å². The standard InChI is InChI=1S/C17H24N6O2.HI/c1-14-19-5-7-21(14)8-6-20-17(18-2)23-11-9-22(10-12-23)16(24)15-4-3-13-25-15;/h3-5,7,13H,6,8-12H2,1-2H3,(H,18,20);1H. The molecule has 1 aliphatic heterocycles. The van der Waals surface area contributed by atoms with Crippen LogP contribution in [-0.4, -0.2) is 71.0 Å². The molecule has 0 aromatic carbocycles. The van der Waals surface area contributed by atoms with Crippen molar-refractivity contribution < 1.29 is 9.21 Å². The van der Waals surface area contributed by atoms with E-state index in [-0.39, 0.29) is 29.9 Å². The molecule has 9 heteroatoms. The van der Waals surface area contributed by atoms with Gasteiger partial charge in [-0.3, -0.25) is 9.79 Å². The predicted octanol–water partition coefficient (Wildman–Crippen LogP) is 1.44. The quantitative estimate of drug-likeness (QED) is 0.414. The number of aliphatic imine (C=N–C) groups is 1. The Bertz CT molecular complexity index is 719. The third kappa shape index (κ3) is 4.77. The van der Waals surface area contributed by atoms with Gasteiger partial charge in [0.05, 0.1) is 6.26 Å². The molecule has 0 saturated carbocycles. The molecule has 2 aromatic heterocycles. The van der Waals surface area contributed by atoms with Crippen LogP contribution in [0.25, 0.3) is 0 Å². The number of carbonyl (C=O) groups is 1. The smallest absolute Gasteiger partial charge is 0.289 e. The second kappa shape index (κ2) is 9.60. The van der Waals surface area contributed by atoms with Crippen LogP contribution in [0.2, 0.25) is 0 Å². The minimum atomic E-state index is -0.0526. The van der Waals surface area contributed by atoms with Crippen molar-refractivity contribution in [3.63, 3.8) is 0 Å². The highest BCUT2D eigenvalue weighted by atomic mass is 127. The van der Waals surface area contributed by atoms with Crippen molar-refractivity contribution in [1.29, 1.82) is 0 Å². The Morgan fingerprint density at radius 1 is 1.31 bits per heavy atom. The fraction of sp³-hybridized carbons (Fsp3) is 0.471. The Kier molecular flexibility index (Phi) is 7.49. The number of imidazole rings is 1. The summed E-state index contributed by atoms with van der Waals surface area (Å²) in [6, 6.07) is 3.44. The fourth-order valence-corrected chi connectivity index (χ4v) is 2.94. The number of carbonyl (C=O) groups excluding carboxylic acids is 1. The van der Waals surface area contributed by atoms with Crippen LogP contribution in [-0.2, 0) is 6.54 Å². The number of amides is 1. The number of rotatable bonds is 4. The van der Waals surface area contributed by atoms with Crippen molar-refractivity contribution >= 4 is 35.8 Å². The molecule has 142 valence electrons. The molecule has 8 nitrogen and oxygen atoms in total. The van der Waals surface area contributed by atoms with Gasteiger partial charge in [-0.25, -0.2) is 4.98 Å². The topological polar surface area (TPSA) is 78.9 Å². The predicted molar refractivity (Wildman–Crippen MR) is 110 cm³/mol. The molecule has 3 heterocycles. The minimum Gasteiger partial charge on any atom is -0.459 e. The van der Waals surface area contributed by atoms with Crippen molar-refractivity contribution in [3.8, 4) is 0 Å². The first-order valence-electron chi connectivity index (χ1n) is 8.45. The summed E-state index contributed by atoms with van der Waals surface area (Å²) in [4.78, 5) is 24.9. The van der Waals surface area contributed by atoms with E-state index < -0.39 is 0 Å². The molecule has 2 aromatic rings. The van der Waals surface area contributed by atoms with Crippen molar-refractivity contribution in [2.24, 2.45) is 4.99 Å². The number of nitrogens with one attached hydrogen (secondary N) is 1. The van der Waals surface area contributed by atoms with E-state index in [1.165, 1.54) is 6.26 Å². The Balaban J connectivity index is 0.00000243. The van der Waals surface area contributed by atoms with E-state index in [9.17, 15) is 4.79 Å². The van der Waals surface area contributed by atoms with Gasteiger partial charge < -0.3 is 24.1 Å². The largest absolute Gasteiger partial charge is 0.459 e. The minimum absolute atomic E-state index is 0. The van der Waals surface area contributed by atoms with Crippen LogP contribution in [0.1, 0.15) is 16.4 Å². The van der Waals surface area contributed by atoms with Crippen molar-refractivity contribution in [2.75, 3.05) is 39.8 Å². The van der Waals surface area contributed by atoms with E-state index >= 15 is 0 Å². The maximum absolute atomic E-state index is 12.3. The summed E-state index contributed by atoms with van der Waals surface area (Å²) in [5, 5.41) is 3.38. The maximum atomic E-state index is 12.3. The van der Waals surface area contributed by atoms with Crippen LogP contribution in [0.15, 0.2) is 40.2 Å². The zero-order chi connectivity index (χ0) is 17.6. The second-order valence-corrected chi connectivity index (χ2v) is 5.90. The third-order valence-electron chi connectivity index (χ3n) is 4.37. The number of aromatic nitrogens is 2. The molecule has 1 N–H and O–H groups in total. The van der Waals surface area contributed by atoms with E-state index in [2.05, 4.69) is 24.8 Å². The number of guanidine groups is 1. The molecule has 1 aliphatic rings. The SMILES string of the molecule is CN=C(NCCn1ccnc1C)N1CCN(C(=O)c2ccco2)CC1.I. The number of halogens is 1. The van der Waals surface area contributed by atoms with E-state index in [4.69, 9.17) is 4.42 Å². The highest BCUT2D eigenvalue weighted by molar-refractivity contribution is 14.0. The Morgan fingerprint density at radius 3 is 2.62 bits per heavy atom. The van der Waals surface area contributed by atoms with Gasteiger partial charge in [-0.05, 0) is 19.1 Å². The van der Waals surface area contributed by atoms with Crippen LogP contribution < -0.4 is 5.32 Å². The van der Waals surface area contributed by atoms with Crippen molar-refractivity contribution in [2.45, 2.75) is 13.5 Å². The molecule has 1 saturated heterocycles. The first-order chi connectivity index (χ1) is 12.2. The number of nitrogens with zero attached hydrogens (tertiary/aromatic N) is 5. The molecule has 3 rings (SSSR count). The summed E-state index contributed by atoms with van der Waals surface area (Å²) in [5.74, 6) is 2.21. The normalized spacial score (nSPS) is 14.9. The van der Waals surface area contributed by atoms with Crippen LogP contribution >= 0.6 is 24.0 Å². The van der Waals surface area contributed by atoms with Crippen LogP contribution in [0.4, 0.5) is 0 Å². The first kappa shape index (κ1) is 20.3. The van der Waals surface area contributed by atoms with Crippen molar-refractivity contribution in [3.05, 3.63) is 42.4 Å². The number of piperazine rings is 1. The van der Waals surface area contributed by atoms with Gasteiger partial charge in [-0.15, -0.1) is 24.0 Å². The first-order valence-corrected chi connectivity index (χ1v) is 8.45. The Labute approximate surface area is 170 Å². The molecule has 1 amide bonds. The molecule has 0 atom stereocenters. The molecule has 0 bridgehead atoms. The van der Waals surface area contributed by atoms with Gasteiger partial charge in [0.25, 0.3) is 5.91 Å². The zero-order valence-corrected chi connectivity index (χ0v) is 17.4. The molecule has 0 radical (unpaired) electrons. The summed E-state index contributed by atoms with van der Waals surface area (Å²) >= 11 is 0. The summed E-state index contributed by atoms with van der Waals surface area (Å²) in [7, 11) is 1.78. The van der Waals surface area contributed by atoms with Gasteiger partial charge >= 0.3 is 0 Å². The lowest BCUT2D eigenvalue weighted by molar-refractivity contribution is 0.0657. The number of aryl methyl sites for hydroxylation is 1. The lowest BCUT2D eigenvalue weighted by Gasteiger charge is -2.36. The van der Waals surface area contributed by atoms with Gasteiger partial charge in [0, 0.05) is 58.7 Å². The van der Waals surface area contributed by atoms with Gasteiger partial charge in [0.2, 0.25) is 0 Å². The van der Waals surface area contributed by atoms with Gasteiger partial charge in [-0.1, -0.05) is 0 Å². The van der Waals surface area contributed by atoms with Crippen LogP contribution in [0, 0.1) is 6.92 Å². The highest BCUT2D eigenvalue weighted by Crippen LogP contribution is 2.09. The Morgan fingerprint density at radius 2 is 2.04 bits per heavy atom. The molecule has 0 unspecified atom stereocenters. The molecule has 0 spiro atoms. The molecular weight excluding hydrogens is 447 g/mol. The van der Waals surface area contributed by atoms with Gasteiger partial charge in [0.15, 0.2) is 11.7 Å². The van der Waals surface area contributed by atoms with Crippen LogP contribution in [0.3, 0.4) is 0 Å². The second-order valence-electron chi connectivity index (χ2n) is 5.90. The number of hydrogen-bond donors (Lipinski definition) is 1. The maximum Gasteiger partial charge on any atom is 0.289 e. The monoisotopic (exact) mass is 472 g/mol. The van der Waals surface area contributed by atoms with Gasteiger partial charge in [-0.2, -0.15) is 0 Å². The lowest BCUT2D eigenvalue weighted by atomic mass is 10.3.